The van der Waals surface area contributed by atoms with Crippen LogP contribution in [0.2, 0.25) is 0 Å². The van der Waals surface area contributed by atoms with Gasteiger partial charge in [-0.1, -0.05) is 0 Å². The van der Waals surface area contributed by atoms with Crippen LogP contribution in [-0.4, -0.2) is 47.4 Å². The molecule has 0 spiro atoms. The molecule has 0 aromatic carbocycles. The van der Waals surface area contributed by atoms with Crippen LogP contribution in [-0.2, 0) is 4.74 Å². The molecule has 6 nitrogen and oxygen atoms in total. The first kappa shape index (κ1) is 16.2. The molecule has 0 bridgehead atoms. The minimum atomic E-state index is -0.439. The van der Waals surface area contributed by atoms with Crippen molar-refractivity contribution in [3.8, 4) is 5.88 Å². The number of rotatable bonds is 4. The molecule has 2 saturated heterocycles. The van der Waals surface area contributed by atoms with Crippen molar-refractivity contribution in [1.82, 2.24) is 15.0 Å². The highest BCUT2D eigenvalue weighted by molar-refractivity contribution is 5.31. The summed E-state index contributed by atoms with van der Waals surface area (Å²) < 4.78 is 25.7. The average Bonchev–Trinajstić information content (AvgIpc) is 2.67. The van der Waals surface area contributed by atoms with Gasteiger partial charge in [0.05, 0.1) is 12.7 Å². The Bertz CT molecular complexity index is 717. The van der Waals surface area contributed by atoms with Gasteiger partial charge in [-0.3, -0.25) is 0 Å². The van der Waals surface area contributed by atoms with Gasteiger partial charge in [0, 0.05) is 43.7 Å². The zero-order valence-corrected chi connectivity index (χ0v) is 14.0. The molecule has 4 rings (SSSR count). The number of ether oxygens (including phenoxy) is 2. The first-order valence-corrected chi connectivity index (χ1v) is 8.64. The molecule has 0 N–H and O–H groups in total. The Labute approximate surface area is 146 Å². The standard InChI is InChI=1S/C18H21FN4O2/c19-14-4-1-7-20-16(14)25-13-18-6-2-11-24-15(18)5-10-23(12-18)17-21-8-3-9-22-17/h1,3-4,7-9,15H,2,5-6,10-13H2/t15-,18+/m0/s1. The van der Waals surface area contributed by atoms with Gasteiger partial charge in [-0.25, -0.2) is 19.3 Å². The van der Waals surface area contributed by atoms with Gasteiger partial charge in [-0.05, 0) is 37.5 Å². The number of nitrogens with zero attached hydrogens (tertiary/aromatic N) is 4. The van der Waals surface area contributed by atoms with E-state index in [4.69, 9.17) is 9.47 Å². The molecule has 2 atom stereocenters. The molecule has 0 aliphatic carbocycles. The van der Waals surface area contributed by atoms with Crippen LogP contribution in [0.1, 0.15) is 19.3 Å². The summed E-state index contributed by atoms with van der Waals surface area (Å²) in [6.45, 7) is 2.71. The molecule has 0 saturated carbocycles. The van der Waals surface area contributed by atoms with Crippen LogP contribution in [0.3, 0.4) is 0 Å². The molecule has 2 aromatic heterocycles. The predicted octanol–water partition coefficient (Wildman–Crippen LogP) is 2.47. The van der Waals surface area contributed by atoms with Crippen molar-refractivity contribution in [3.05, 3.63) is 42.6 Å². The number of fused-ring (bicyclic) bond motifs is 1. The van der Waals surface area contributed by atoms with Gasteiger partial charge >= 0.3 is 0 Å². The Hall–Kier alpha value is -2.28. The molecule has 7 heteroatoms. The van der Waals surface area contributed by atoms with Crippen molar-refractivity contribution in [3.63, 3.8) is 0 Å². The fraction of sp³-hybridized carbons (Fsp3) is 0.500. The van der Waals surface area contributed by atoms with Crippen LogP contribution >= 0.6 is 0 Å². The van der Waals surface area contributed by atoms with Gasteiger partial charge in [0.25, 0.3) is 0 Å². The largest absolute Gasteiger partial charge is 0.475 e. The summed E-state index contributed by atoms with van der Waals surface area (Å²) in [6.07, 6.45) is 7.95. The van der Waals surface area contributed by atoms with Gasteiger partial charge in [0.2, 0.25) is 11.8 Å². The maximum atomic E-state index is 13.9. The molecule has 2 aliphatic heterocycles. The van der Waals surface area contributed by atoms with Crippen LogP contribution in [0, 0.1) is 11.2 Å². The van der Waals surface area contributed by atoms with Gasteiger partial charge in [0.1, 0.15) is 0 Å². The maximum absolute atomic E-state index is 13.9. The average molecular weight is 344 g/mol. The summed E-state index contributed by atoms with van der Waals surface area (Å²) in [5, 5.41) is 0. The van der Waals surface area contributed by atoms with Crippen LogP contribution < -0.4 is 9.64 Å². The van der Waals surface area contributed by atoms with Crippen LogP contribution in [0.5, 0.6) is 5.88 Å². The highest BCUT2D eigenvalue weighted by atomic mass is 19.1. The molecule has 2 aromatic rings. The number of pyridine rings is 1. The third-order valence-electron chi connectivity index (χ3n) is 5.04. The van der Waals surface area contributed by atoms with E-state index in [2.05, 4.69) is 19.9 Å². The van der Waals surface area contributed by atoms with Gasteiger partial charge in [0.15, 0.2) is 5.82 Å². The second kappa shape index (κ2) is 6.92. The van der Waals surface area contributed by atoms with Crippen molar-refractivity contribution in [2.24, 2.45) is 5.41 Å². The van der Waals surface area contributed by atoms with E-state index in [1.54, 1.807) is 18.5 Å². The molecular formula is C18H21FN4O2. The SMILES string of the molecule is Fc1cccnc1OC[C@]12CCCO[C@H]1CCN(c1ncccn1)C2. The number of halogens is 1. The van der Waals surface area contributed by atoms with E-state index < -0.39 is 5.82 Å². The second-order valence-corrected chi connectivity index (χ2v) is 6.66. The van der Waals surface area contributed by atoms with Gasteiger partial charge in [-0.2, -0.15) is 0 Å². The van der Waals surface area contributed by atoms with Crippen molar-refractivity contribution in [2.75, 3.05) is 31.2 Å². The number of hydrogen-bond donors (Lipinski definition) is 0. The lowest BCUT2D eigenvalue weighted by Crippen LogP contribution is -2.57. The number of piperidine rings is 1. The Morgan fingerprint density at radius 2 is 2.08 bits per heavy atom. The quantitative estimate of drug-likeness (QED) is 0.849. The lowest BCUT2D eigenvalue weighted by Gasteiger charge is -2.50. The lowest BCUT2D eigenvalue weighted by molar-refractivity contribution is -0.110. The third kappa shape index (κ3) is 3.28. The number of aromatic nitrogens is 3. The zero-order chi connectivity index (χ0) is 17.1. The first-order chi connectivity index (χ1) is 12.3. The first-order valence-electron chi connectivity index (χ1n) is 8.64. The molecular weight excluding hydrogens is 323 g/mol. The van der Waals surface area contributed by atoms with Crippen molar-refractivity contribution < 1.29 is 13.9 Å². The molecule has 132 valence electrons. The maximum Gasteiger partial charge on any atom is 0.250 e. The highest BCUT2D eigenvalue weighted by Gasteiger charge is 2.47. The number of hydrogen-bond acceptors (Lipinski definition) is 6. The van der Waals surface area contributed by atoms with E-state index in [9.17, 15) is 4.39 Å². The summed E-state index contributed by atoms with van der Waals surface area (Å²) in [5.74, 6) is 0.329. The molecule has 0 unspecified atom stereocenters. The van der Waals surface area contributed by atoms with Crippen LogP contribution in [0.4, 0.5) is 10.3 Å². The fourth-order valence-electron chi connectivity index (χ4n) is 3.82. The third-order valence-corrected chi connectivity index (χ3v) is 5.04. The van der Waals surface area contributed by atoms with Gasteiger partial charge < -0.3 is 14.4 Å². The molecule has 0 radical (unpaired) electrons. The monoisotopic (exact) mass is 344 g/mol. The topological polar surface area (TPSA) is 60.4 Å². The van der Waals surface area contributed by atoms with Crippen LogP contribution in [0.25, 0.3) is 0 Å². The Balaban J connectivity index is 1.55. The molecule has 2 fully saturated rings. The molecule has 4 heterocycles. The van der Waals surface area contributed by atoms with Crippen molar-refractivity contribution in [2.45, 2.75) is 25.4 Å². The van der Waals surface area contributed by atoms with Crippen molar-refractivity contribution >= 4 is 5.95 Å². The van der Waals surface area contributed by atoms with E-state index in [-0.39, 0.29) is 17.4 Å². The predicted molar refractivity (Wildman–Crippen MR) is 90.0 cm³/mol. The van der Waals surface area contributed by atoms with E-state index >= 15 is 0 Å². The summed E-state index contributed by atoms with van der Waals surface area (Å²) in [5.41, 5.74) is -0.209. The molecule has 2 aliphatic rings. The summed E-state index contributed by atoms with van der Waals surface area (Å²) in [7, 11) is 0. The Morgan fingerprint density at radius 3 is 2.92 bits per heavy atom. The molecule has 0 amide bonds. The summed E-state index contributed by atoms with van der Waals surface area (Å²) in [6, 6.07) is 4.73. The zero-order valence-electron chi connectivity index (χ0n) is 14.0. The normalized spacial score (nSPS) is 26.1. The van der Waals surface area contributed by atoms with Crippen molar-refractivity contribution in [1.29, 1.82) is 0 Å². The minimum Gasteiger partial charge on any atom is -0.475 e. The van der Waals surface area contributed by atoms with Gasteiger partial charge in [-0.15, -0.1) is 0 Å². The minimum absolute atomic E-state index is 0.0503. The van der Waals surface area contributed by atoms with E-state index in [1.807, 2.05) is 6.07 Å². The number of anilines is 1. The fourth-order valence-corrected chi connectivity index (χ4v) is 3.82. The summed E-state index contributed by atoms with van der Waals surface area (Å²) in [4.78, 5) is 14.9. The van der Waals surface area contributed by atoms with E-state index in [1.165, 1.54) is 12.3 Å². The van der Waals surface area contributed by atoms with E-state index in [0.29, 0.717) is 6.61 Å². The Morgan fingerprint density at radius 1 is 1.24 bits per heavy atom. The smallest absolute Gasteiger partial charge is 0.250 e. The second-order valence-electron chi connectivity index (χ2n) is 6.66. The lowest BCUT2D eigenvalue weighted by atomic mass is 9.73. The Kier molecular flexibility index (Phi) is 4.48. The summed E-state index contributed by atoms with van der Waals surface area (Å²) >= 11 is 0. The highest BCUT2D eigenvalue weighted by Crippen LogP contribution is 2.41. The van der Waals surface area contributed by atoms with Crippen LogP contribution in [0.15, 0.2) is 36.8 Å². The van der Waals surface area contributed by atoms with E-state index in [0.717, 1.165) is 44.9 Å². The molecule has 25 heavy (non-hydrogen) atoms.